The molecule has 2 aromatic rings. The minimum Gasteiger partial charge on any atom is -0.394 e. The molecule has 0 saturated carbocycles. The Balaban J connectivity index is 2.22. The lowest BCUT2D eigenvalue weighted by Gasteiger charge is -2.16. The molecule has 0 aliphatic carbocycles. The van der Waals surface area contributed by atoms with Crippen LogP contribution in [0.15, 0.2) is 15.9 Å². The van der Waals surface area contributed by atoms with E-state index in [4.69, 9.17) is 15.6 Å². The minimum atomic E-state index is -1.42. The molecule has 118 valence electrons. The molecular formula is C11H13N5O6. The fourth-order valence-corrected chi connectivity index (χ4v) is 2.41. The van der Waals surface area contributed by atoms with Crippen LogP contribution < -0.4 is 16.9 Å². The van der Waals surface area contributed by atoms with E-state index in [2.05, 4.69) is 15.0 Å². The van der Waals surface area contributed by atoms with Gasteiger partial charge in [-0.15, -0.1) is 0 Å². The van der Waals surface area contributed by atoms with Crippen LogP contribution in [0.2, 0.25) is 0 Å². The zero-order chi connectivity index (χ0) is 16.0. The summed E-state index contributed by atoms with van der Waals surface area (Å²) >= 11 is 0. The topological polar surface area (TPSA) is 177 Å². The Labute approximate surface area is 121 Å². The molecule has 0 radical (unpaired) electrons. The molecule has 0 unspecified atom stereocenters. The van der Waals surface area contributed by atoms with Crippen molar-refractivity contribution in [3.8, 4) is 0 Å². The quantitative estimate of drug-likeness (QED) is 0.379. The maximum Gasteiger partial charge on any atom is 0.301 e. The number of aromatic amines is 1. The van der Waals surface area contributed by atoms with E-state index in [0.29, 0.717) is 0 Å². The van der Waals surface area contributed by atoms with E-state index in [-0.39, 0.29) is 17.0 Å². The predicted molar refractivity (Wildman–Crippen MR) is 71.8 cm³/mol. The van der Waals surface area contributed by atoms with Gasteiger partial charge in [0.25, 0.3) is 5.56 Å². The van der Waals surface area contributed by atoms with E-state index in [9.17, 15) is 19.8 Å². The maximum atomic E-state index is 12.1. The van der Waals surface area contributed by atoms with Gasteiger partial charge in [-0.05, 0) is 0 Å². The number of aromatic nitrogens is 4. The van der Waals surface area contributed by atoms with Crippen molar-refractivity contribution >= 4 is 17.0 Å². The lowest BCUT2D eigenvalue weighted by Crippen LogP contribution is -2.33. The molecule has 2 aromatic heterocycles. The van der Waals surface area contributed by atoms with Crippen LogP contribution in [-0.2, 0) is 4.74 Å². The van der Waals surface area contributed by atoms with Gasteiger partial charge in [0, 0.05) is 0 Å². The highest BCUT2D eigenvalue weighted by Crippen LogP contribution is 2.30. The molecular weight excluding hydrogens is 298 g/mol. The zero-order valence-corrected chi connectivity index (χ0v) is 11.1. The molecule has 1 fully saturated rings. The number of hydrogen-bond donors (Lipinski definition) is 5. The number of fused-ring (bicyclic) bond motifs is 1. The van der Waals surface area contributed by atoms with Crippen molar-refractivity contribution < 1.29 is 20.1 Å². The van der Waals surface area contributed by atoms with Crippen LogP contribution in [-0.4, -0.2) is 59.8 Å². The second-order valence-electron chi connectivity index (χ2n) is 4.83. The van der Waals surface area contributed by atoms with Crippen molar-refractivity contribution in [2.45, 2.75) is 24.5 Å². The maximum absolute atomic E-state index is 12.1. The van der Waals surface area contributed by atoms with E-state index < -0.39 is 42.3 Å². The molecule has 4 atom stereocenters. The van der Waals surface area contributed by atoms with Gasteiger partial charge >= 0.3 is 5.56 Å². The fraction of sp³-hybridized carbons (Fsp3) is 0.455. The summed E-state index contributed by atoms with van der Waals surface area (Å²) in [5.41, 5.74) is 3.32. The second-order valence-corrected chi connectivity index (χ2v) is 4.83. The molecule has 0 aromatic carbocycles. The molecule has 0 spiro atoms. The van der Waals surface area contributed by atoms with Crippen LogP contribution in [0.25, 0.3) is 11.0 Å². The summed E-state index contributed by atoms with van der Waals surface area (Å²) in [6.45, 7) is -0.521. The summed E-state index contributed by atoms with van der Waals surface area (Å²) in [4.78, 5) is 33.3. The lowest BCUT2D eigenvalue weighted by molar-refractivity contribution is -0.0509. The SMILES string of the molecule is Nc1nc(=O)c2ncn([C@@H]3O[C@H](CO)[C@H](O)[C@@H]3O)c2c(=O)[nH]1. The number of hydrogen-bond acceptors (Lipinski definition) is 9. The first-order valence-corrected chi connectivity index (χ1v) is 6.33. The number of nitrogens with two attached hydrogens (primary N) is 1. The van der Waals surface area contributed by atoms with Gasteiger partial charge < -0.3 is 25.8 Å². The molecule has 1 aliphatic rings. The summed E-state index contributed by atoms with van der Waals surface area (Å²) in [6.07, 6.45) is -3.87. The van der Waals surface area contributed by atoms with Crippen molar-refractivity contribution in [2.75, 3.05) is 12.3 Å². The standard InChI is InChI=1S/C11H13N5O6/c12-11-14-8(20)4-5(9(21)15-11)16(2-13-4)10-7(19)6(18)3(1-17)22-10/h2-3,6-7,10,17-19H,1H2,(H3,12,14,15,20,21)/t3-,6+,7+,10-/m1/s1. The summed E-state index contributed by atoms with van der Waals surface area (Å²) in [5.74, 6) is -0.374. The average molecular weight is 311 g/mol. The first-order chi connectivity index (χ1) is 10.4. The molecule has 3 heterocycles. The normalized spacial score (nSPS) is 28.3. The largest absolute Gasteiger partial charge is 0.394 e. The smallest absolute Gasteiger partial charge is 0.301 e. The third-order valence-electron chi connectivity index (χ3n) is 3.47. The summed E-state index contributed by atoms with van der Waals surface area (Å²) < 4.78 is 6.41. The van der Waals surface area contributed by atoms with Gasteiger partial charge in [-0.3, -0.25) is 19.1 Å². The monoisotopic (exact) mass is 311 g/mol. The number of imidazole rings is 1. The first kappa shape index (κ1) is 14.6. The van der Waals surface area contributed by atoms with E-state index in [1.165, 1.54) is 0 Å². The molecule has 22 heavy (non-hydrogen) atoms. The zero-order valence-electron chi connectivity index (χ0n) is 11.1. The second kappa shape index (κ2) is 5.14. The number of nitrogens with zero attached hydrogens (tertiary/aromatic N) is 3. The Hall–Kier alpha value is -2.34. The molecule has 3 rings (SSSR count). The Morgan fingerprint density at radius 2 is 2.09 bits per heavy atom. The molecule has 1 saturated heterocycles. The van der Waals surface area contributed by atoms with Crippen LogP contribution in [0, 0.1) is 0 Å². The van der Waals surface area contributed by atoms with Crippen molar-refractivity contribution in [2.24, 2.45) is 0 Å². The molecule has 0 amide bonds. The number of anilines is 1. The number of rotatable bonds is 2. The third-order valence-corrected chi connectivity index (χ3v) is 3.47. The van der Waals surface area contributed by atoms with E-state index in [1.807, 2.05) is 0 Å². The van der Waals surface area contributed by atoms with E-state index >= 15 is 0 Å². The highest BCUT2D eigenvalue weighted by molar-refractivity contribution is 5.72. The van der Waals surface area contributed by atoms with Crippen LogP contribution >= 0.6 is 0 Å². The fourth-order valence-electron chi connectivity index (χ4n) is 2.41. The summed E-state index contributed by atoms with van der Waals surface area (Å²) in [7, 11) is 0. The van der Waals surface area contributed by atoms with E-state index in [0.717, 1.165) is 10.9 Å². The third kappa shape index (κ3) is 2.07. The lowest BCUT2D eigenvalue weighted by atomic mass is 10.1. The number of aliphatic hydroxyl groups excluding tert-OH is 3. The highest BCUT2D eigenvalue weighted by Gasteiger charge is 2.44. The van der Waals surface area contributed by atoms with Gasteiger partial charge in [-0.1, -0.05) is 0 Å². The number of ether oxygens (including phenoxy) is 1. The minimum absolute atomic E-state index is 0.205. The van der Waals surface area contributed by atoms with Gasteiger partial charge in [0.2, 0.25) is 5.95 Å². The highest BCUT2D eigenvalue weighted by atomic mass is 16.6. The summed E-state index contributed by atoms with van der Waals surface area (Å²) in [5, 5.41) is 28.9. The molecule has 11 nitrogen and oxygen atoms in total. The van der Waals surface area contributed by atoms with Crippen LogP contribution in [0.1, 0.15) is 6.23 Å². The Morgan fingerprint density at radius 3 is 2.73 bits per heavy atom. The Morgan fingerprint density at radius 1 is 1.36 bits per heavy atom. The van der Waals surface area contributed by atoms with Crippen molar-refractivity contribution in [1.82, 2.24) is 19.5 Å². The number of nitrogens with one attached hydrogen (secondary N) is 1. The van der Waals surface area contributed by atoms with Crippen LogP contribution in [0.4, 0.5) is 5.95 Å². The predicted octanol–water partition coefficient (Wildman–Crippen LogP) is -3.33. The Bertz CT molecular complexity index is 832. The van der Waals surface area contributed by atoms with Gasteiger partial charge in [0.1, 0.15) is 23.8 Å². The number of H-pyrrole nitrogens is 1. The summed E-state index contributed by atoms with van der Waals surface area (Å²) in [6, 6.07) is 0. The van der Waals surface area contributed by atoms with Gasteiger partial charge in [0.05, 0.1) is 12.9 Å². The van der Waals surface area contributed by atoms with Gasteiger partial charge in [0.15, 0.2) is 11.7 Å². The molecule has 0 bridgehead atoms. The van der Waals surface area contributed by atoms with Crippen LogP contribution in [0.5, 0.6) is 0 Å². The molecule has 11 heteroatoms. The van der Waals surface area contributed by atoms with Crippen molar-refractivity contribution in [3.63, 3.8) is 0 Å². The van der Waals surface area contributed by atoms with Crippen molar-refractivity contribution in [1.29, 1.82) is 0 Å². The van der Waals surface area contributed by atoms with Gasteiger partial charge in [-0.25, -0.2) is 4.98 Å². The Kier molecular flexibility index (Phi) is 3.41. The number of aliphatic hydroxyl groups is 3. The van der Waals surface area contributed by atoms with Gasteiger partial charge in [-0.2, -0.15) is 4.98 Å². The number of nitrogen functional groups attached to an aromatic ring is 1. The van der Waals surface area contributed by atoms with Crippen molar-refractivity contribution in [3.05, 3.63) is 27.0 Å². The molecule has 6 N–H and O–H groups in total. The van der Waals surface area contributed by atoms with Crippen LogP contribution in [0.3, 0.4) is 0 Å². The molecule has 1 aliphatic heterocycles. The average Bonchev–Trinajstić information content (AvgIpc) is 2.98. The first-order valence-electron chi connectivity index (χ1n) is 6.33. The van der Waals surface area contributed by atoms with E-state index in [1.54, 1.807) is 0 Å².